The molecule has 2 aliphatic heterocycles. The van der Waals surface area contributed by atoms with E-state index in [-0.39, 0.29) is 48.1 Å². The number of anilines is 1. The highest BCUT2D eigenvalue weighted by atomic mass is 19.2. The van der Waals surface area contributed by atoms with Crippen molar-refractivity contribution >= 4 is 23.4 Å². The molecule has 0 radical (unpaired) electrons. The number of rotatable bonds is 5. The van der Waals surface area contributed by atoms with Crippen LogP contribution in [0.25, 0.3) is 0 Å². The molecule has 0 saturated carbocycles. The lowest BCUT2D eigenvalue weighted by atomic mass is 9.94. The maximum atomic E-state index is 13.5. The van der Waals surface area contributed by atoms with Crippen molar-refractivity contribution < 1.29 is 32.6 Å². The minimum Gasteiger partial charge on any atom is -0.490 e. The van der Waals surface area contributed by atoms with Gasteiger partial charge in [-0.2, -0.15) is 0 Å². The molecule has 0 aliphatic carbocycles. The molecule has 1 saturated heterocycles. The van der Waals surface area contributed by atoms with Crippen LogP contribution >= 0.6 is 0 Å². The Balaban J connectivity index is 1.49. The van der Waals surface area contributed by atoms with E-state index in [0.717, 1.165) is 12.1 Å². The van der Waals surface area contributed by atoms with Crippen molar-refractivity contribution in [3.63, 3.8) is 0 Å². The SMILES string of the molecule is CCNC(=O)C[C@H]1CC[C@H]2[C@@H](COc3ccc(NC(=O)c4ccc(F)c(F)c4)cc3C(=O)N2C)O1. The molecule has 35 heavy (non-hydrogen) atoms. The molecule has 0 bridgehead atoms. The molecule has 0 unspecified atom stereocenters. The Morgan fingerprint density at radius 1 is 1.11 bits per heavy atom. The lowest BCUT2D eigenvalue weighted by Crippen LogP contribution is -2.54. The van der Waals surface area contributed by atoms with Crippen molar-refractivity contribution in [1.82, 2.24) is 10.2 Å². The van der Waals surface area contributed by atoms with E-state index in [1.807, 2.05) is 6.92 Å². The van der Waals surface area contributed by atoms with Crippen LogP contribution in [0.3, 0.4) is 0 Å². The molecule has 10 heteroatoms. The summed E-state index contributed by atoms with van der Waals surface area (Å²) in [5.74, 6) is -2.86. The number of carbonyl (C=O) groups is 3. The number of carbonyl (C=O) groups excluding carboxylic acids is 3. The van der Waals surface area contributed by atoms with Gasteiger partial charge in [-0.15, -0.1) is 0 Å². The summed E-state index contributed by atoms with van der Waals surface area (Å²) >= 11 is 0. The minimum atomic E-state index is -1.13. The van der Waals surface area contributed by atoms with Crippen LogP contribution in [0.15, 0.2) is 36.4 Å². The molecule has 1 fully saturated rings. The van der Waals surface area contributed by atoms with E-state index in [0.29, 0.717) is 30.8 Å². The van der Waals surface area contributed by atoms with Gasteiger partial charge in [0.1, 0.15) is 18.5 Å². The summed E-state index contributed by atoms with van der Waals surface area (Å²) in [6, 6.07) is 7.24. The molecule has 2 aromatic carbocycles. The number of likely N-dealkylation sites (N-methyl/N-ethyl adjacent to an activating group) is 1. The third kappa shape index (κ3) is 5.43. The Hall–Kier alpha value is -3.53. The van der Waals surface area contributed by atoms with Gasteiger partial charge in [0.05, 0.1) is 24.1 Å². The molecule has 4 rings (SSSR count). The first kappa shape index (κ1) is 24.6. The lowest BCUT2D eigenvalue weighted by Gasteiger charge is -2.42. The van der Waals surface area contributed by atoms with Crippen molar-refractivity contribution in [2.45, 2.75) is 44.4 Å². The van der Waals surface area contributed by atoms with Crippen molar-refractivity contribution in [2.24, 2.45) is 0 Å². The summed E-state index contributed by atoms with van der Waals surface area (Å²) in [7, 11) is 1.69. The number of benzene rings is 2. The fourth-order valence-corrected chi connectivity index (χ4v) is 4.42. The van der Waals surface area contributed by atoms with E-state index in [2.05, 4.69) is 10.6 Å². The first-order chi connectivity index (χ1) is 16.8. The van der Waals surface area contributed by atoms with Gasteiger partial charge in [0.25, 0.3) is 11.8 Å². The Morgan fingerprint density at radius 3 is 2.66 bits per heavy atom. The molecule has 0 aromatic heterocycles. The number of halogens is 2. The highest BCUT2D eigenvalue weighted by Gasteiger charge is 2.39. The van der Waals surface area contributed by atoms with Gasteiger partial charge in [-0.3, -0.25) is 14.4 Å². The van der Waals surface area contributed by atoms with Gasteiger partial charge in [0.15, 0.2) is 11.6 Å². The van der Waals surface area contributed by atoms with Crippen LogP contribution in [0.4, 0.5) is 14.5 Å². The molecule has 2 N–H and O–H groups in total. The number of nitrogens with one attached hydrogen (secondary N) is 2. The molecular weight excluding hydrogens is 460 g/mol. The topological polar surface area (TPSA) is 97.0 Å². The smallest absolute Gasteiger partial charge is 0.257 e. The summed E-state index contributed by atoms with van der Waals surface area (Å²) < 4.78 is 38.7. The van der Waals surface area contributed by atoms with E-state index in [1.54, 1.807) is 24.1 Å². The number of fused-ring (bicyclic) bond motifs is 2. The first-order valence-electron chi connectivity index (χ1n) is 11.5. The summed E-state index contributed by atoms with van der Waals surface area (Å²) in [6.45, 7) is 2.61. The maximum absolute atomic E-state index is 13.5. The van der Waals surface area contributed by atoms with Crippen LogP contribution < -0.4 is 15.4 Å². The number of hydrogen-bond acceptors (Lipinski definition) is 5. The third-order valence-corrected chi connectivity index (χ3v) is 6.24. The largest absolute Gasteiger partial charge is 0.490 e. The molecule has 186 valence electrons. The molecule has 3 atom stereocenters. The summed E-state index contributed by atoms with van der Waals surface area (Å²) in [5, 5.41) is 5.37. The zero-order valence-corrected chi connectivity index (χ0v) is 19.5. The van der Waals surface area contributed by atoms with Crippen LogP contribution in [0.5, 0.6) is 5.75 Å². The van der Waals surface area contributed by atoms with Crippen LogP contribution in [0.1, 0.15) is 46.9 Å². The molecule has 2 aromatic rings. The Morgan fingerprint density at radius 2 is 1.91 bits per heavy atom. The molecule has 8 nitrogen and oxygen atoms in total. The Bertz CT molecular complexity index is 1140. The highest BCUT2D eigenvalue weighted by Crippen LogP contribution is 2.32. The van der Waals surface area contributed by atoms with Gasteiger partial charge in [0.2, 0.25) is 5.91 Å². The molecule has 2 aliphatic rings. The average molecular weight is 488 g/mol. The average Bonchev–Trinajstić information content (AvgIpc) is 2.83. The second-order valence-electron chi connectivity index (χ2n) is 8.62. The number of amides is 3. The van der Waals surface area contributed by atoms with Gasteiger partial charge in [-0.1, -0.05) is 0 Å². The highest BCUT2D eigenvalue weighted by molar-refractivity contribution is 6.05. The molecule has 2 heterocycles. The quantitative estimate of drug-likeness (QED) is 0.676. The van der Waals surface area contributed by atoms with E-state index in [1.165, 1.54) is 12.1 Å². The van der Waals surface area contributed by atoms with Crippen LogP contribution in [-0.4, -0.2) is 61.1 Å². The zero-order valence-electron chi connectivity index (χ0n) is 19.5. The number of ether oxygens (including phenoxy) is 2. The predicted octanol–water partition coefficient (Wildman–Crippen LogP) is 3.12. The molecule has 3 amide bonds. The van der Waals surface area contributed by atoms with E-state index < -0.39 is 23.6 Å². The molecular formula is C25H27F2N3O5. The second kappa shape index (κ2) is 10.4. The Kier molecular flexibility index (Phi) is 7.30. The number of nitrogens with zero attached hydrogens (tertiary/aromatic N) is 1. The van der Waals surface area contributed by atoms with Crippen molar-refractivity contribution in [3.05, 3.63) is 59.2 Å². The van der Waals surface area contributed by atoms with Gasteiger partial charge < -0.3 is 25.0 Å². The first-order valence-corrected chi connectivity index (χ1v) is 11.5. The fourth-order valence-electron chi connectivity index (χ4n) is 4.42. The van der Waals surface area contributed by atoms with Crippen molar-refractivity contribution in [3.8, 4) is 5.75 Å². The zero-order chi connectivity index (χ0) is 25.1. The summed E-state index contributed by atoms with van der Waals surface area (Å²) in [5.41, 5.74) is 0.515. The second-order valence-corrected chi connectivity index (χ2v) is 8.62. The Labute approximate surface area is 201 Å². The van der Waals surface area contributed by atoms with Gasteiger partial charge in [-0.05, 0) is 56.2 Å². The van der Waals surface area contributed by atoms with Gasteiger partial charge in [0, 0.05) is 24.8 Å². The summed E-state index contributed by atoms with van der Waals surface area (Å²) in [4.78, 5) is 39.3. The summed E-state index contributed by atoms with van der Waals surface area (Å²) in [6.07, 6.45) is 0.905. The minimum absolute atomic E-state index is 0.0558. The van der Waals surface area contributed by atoms with E-state index in [4.69, 9.17) is 9.47 Å². The van der Waals surface area contributed by atoms with E-state index >= 15 is 0 Å². The van der Waals surface area contributed by atoms with Crippen molar-refractivity contribution in [2.75, 3.05) is 25.5 Å². The lowest BCUT2D eigenvalue weighted by molar-refractivity contribution is -0.133. The van der Waals surface area contributed by atoms with Gasteiger partial charge in [-0.25, -0.2) is 8.78 Å². The normalized spacial score (nSPS) is 21.7. The standard InChI is InChI=1S/C25H27F2N3O5/c1-3-28-23(31)12-16-6-8-20-22(35-16)13-34-21-9-5-15(11-17(21)25(33)30(20)2)29-24(32)14-4-7-18(26)19(27)10-14/h4-5,7,9-11,16,20,22H,3,6,8,12-13H2,1-2H3,(H,28,31)(H,29,32)/t16-,20+,22-/m1/s1. The third-order valence-electron chi connectivity index (χ3n) is 6.24. The predicted molar refractivity (Wildman–Crippen MR) is 123 cm³/mol. The van der Waals surface area contributed by atoms with Crippen molar-refractivity contribution in [1.29, 1.82) is 0 Å². The molecule has 0 spiro atoms. The monoisotopic (exact) mass is 487 g/mol. The van der Waals surface area contributed by atoms with Crippen LogP contribution in [0, 0.1) is 11.6 Å². The van der Waals surface area contributed by atoms with Gasteiger partial charge >= 0.3 is 0 Å². The van der Waals surface area contributed by atoms with E-state index in [9.17, 15) is 23.2 Å². The maximum Gasteiger partial charge on any atom is 0.257 e. The fraction of sp³-hybridized carbons (Fsp3) is 0.400. The van der Waals surface area contributed by atoms with Crippen LogP contribution in [-0.2, 0) is 9.53 Å². The van der Waals surface area contributed by atoms with Crippen LogP contribution in [0.2, 0.25) is 0 Å². The number of hydrogen-bond donors (Lipinski definition) is 2.